The van der Waals surface area contributed by atoms with Gasteiger partial charge in [-0.3, -0.25) is 0 Å². The summed E-state index contributed by atoms with van der Waals surface area (Å²) >= 11 is 3.47. The molecule has 7 heteroatoms. The predicted octanol–water partition coefficient (Wildman–Crippen LogP) is 3.68. The van der Waals surface area contributed by atoms with E-state index in [2.05, 4.69) is 20.9 Å². The fourth-order valence-corrected chi connectivity index (χ4v) is 3.60. The number of halogens is 2. The van der Waals surface area contributed by atoms with E-state index in [-0.39, 0.29) is 11.8 Å². The van der Waals surface area contributed by atoms with E-state index in [9.17, 15) is 4.39 Å². The summed E-state index contributed by atoms with van der Waals surface area (Å²) in [5.74, 6) is 0.586. The molecule has 2 aromatic carbocycles. The first kappa shape index (κ1) is 15.3. The summed E-state index contributed by atoms with van der Waals surface area (Å²) < 4.78 is 31.8. The Labute approximate surface area is 146 Å². The van der Waals surface area contributed by atoms with E-state index in [4.69, 9.17) is 19.9 Å². The number of hydrogen-bond acceptors (Lipinski definition) is 5. The van der Waals surface area contributed by atoms with Crippen molar-refractivity contribution in [1.82, 2.24) is 0 Å². The summed E-state index contributed by atoms with van der Waals surface area (Å²) in [6.45, 7) is 0.375. The molecule has 1 atom stereocenters. The van der Waals surface area contributed by atoms with Crippen LogP contribution in [0, 0.1) is 5.82 Å². The van der Waals surface area contributed by atoms with Crippen LogP contribution in [0.15, 0.2) is 39.8 Å². The summed E-state index contributed by atoms with van der Waals surface area (Å²) in [5, 5.41) is 0. The zero-order valence-corrected chi connectivity index (χ0v) is 14.4. The van der Waals surface area contributed by atoms with Crippen LogP contribution in [0.4, 0.5) is 4.39 Å². The second-order valence-electron chi connectivity index (χ2n) is 5.64. The molecule has 5 nitrogen and oxygen atoms in total. The average Bonchev–Trinajstić information content (AvgIpc) is 2.56. The van der Waals surface area contributed by atoms with Crippen molar-refractivity contribution in [2.45, 2.75) is 12.0 Å². The van der Waals surface area contributed by atoms with Crippen LogP contribution in [0.5, 0.6) is 17.2 Å². The van der Waals surface area contributed by atoms with Crippen LogP contribution in [-0.4, -0.2) is 19.7 Å². The Morgan fingerprint density at radius 3 is 2.88 bits per heavy atom. The largest absolute Gasteiger partial charge is 0.497 e. The van der Waals surface area contributed by atoms with E-state index in [0.29, 0.717) is 30.1 Å². The Kier molecular flexibility index (Phi) is 3.42. The number of aliphatic imine (C=N–C) groups is 1. The van der Waals surface area contributed by atoms with Gasteiger partial charge in [-0.15, -0.1) is 0 Å². The van der Waals surface area contributed by atoms with E-state index < -0.39 is 11.4 Å². The van der Waals surface area contributed by atoms with E-state index >= 15 is 0 Å². The van der Waals surface area contributed by atoms with Crippen molar-refractivity contribution in [3.05, 3.63) is 51.7 Å². The van der Waals surface area contributed by atoms with Crippen LogP contribution in [0.2, 0.25) is 0 Å². The SMILES string of the molecule is COc1cc(F)c2c(c1)[C@@]1(CCOC(N)=N1)c1cc(Br)ccc1O2. The normalized spacial score (nSPS) is 21.2. The van der Waals surface area contributed by atoms with E-state index in [1.165, 1.54) is 13.2 Å². The standard InChI is InChI=1S/C17H14BrFN2O3/c1-22-10-7-12-15(13(19)8-10)24-14-3-2-9(18)6-11(14)17(12)4-5-23-16(20)21-17/h2-3,6-8H,4-5H2,1H3,(H2,20,21)/t17-/m1/s1. The van der Waals surface area contributed by atoms with Crippen molar-refractivity contribution in [1.29, 1.82) is 0 Å². The highest BCUT2D eigenvalue weighted by Gasteiger charge is 2.46. The van der Waals surface area contributed by atoms with Gasteiger partial charge >= 0.3 is 0 Å². The summed E-state index contributed by atoms with van der Waals surface area (Å²) in [7, 11) is 1.49. The molecule has 2 aliphatic heterocycles. The molecular weight excluding hydrogens is 379 g/mol. The number of methoxy groups -OCH3 is 1. The Balaban J connectivity index is 2.06. The third-order valence-electron chi connectivity index (χ3n) is 4.31. The Hall–Kier alpha value is -2.28. The first-order valence-electron chi connectivity index (χ1n) is 7.37. The molecule has 0 bridgehead atoms. The first-order chi connectivity index (χ1) is 11.5. The fourth-order valence-electron chi connectivity index (χ4n) is 3.24. The van der Waals surface area contributed by atoms with E-state index in [1.54, 1.807) is 12.1 Å². The lowest BCUT2D eigenvalue weighted by molar-refractivity contribution is 0.217. The molecule has 0 radical (unpaired) electrons. The van der Waals surface area contributed by atoms with Crippen molar-refractivity contribution in [3.8, 4) is 17.2 Å². The third kappa shape index (κ3) is 2.15. The van der Waals surface area contributed by atoms with Crippen molar-refractivity contribution in [2.75, 3.05) is 13.7 Å². The molecule has 2 N–H and O–H groups in total. The van der Waals surface area contributed by atoms with Crippen LogP contribution >= 0.6 is 15.9 Å². The van der Waals surface area contributed by atoms with Gasteiger partial charge < -0.3 is 19.9 Å². The van der Waals surface area contributed by atoms with Crippen LogP contribution in [0.25, 0.3) is 0 Å². The Bertz CT molecular complexity index is 871. The van der Waals surface area contributed by atoms with Gasteiger partial charge in [0, 0.05) is 28.1 Å². The van der Waals surface area contributed by atoms with Crippen molar-refractivity contribution >= 4 is 22.0 Å². The van der Waals surface area contributed by atoms with Crippen molar-refractivity contribution in [2.24, 2.45) is 10.7 Å². The second kappa shape index (κ2) is 5.37. The topological polar surface area (TPSA) is 66.1 Å². The molecule has 0 amide bonds. The smallest absolute Gasteiger partial charge is 0.283 e. The quantitative estimate of drug-likeness (QED) is 0.803. The molecule has 2 aromatic rings. The number of nitrogens with two attached hydrogens (primary N) is 1. The zero-order chi connectivity index (χ0) is 16.9. The highest BCUT2D eigenvalue weighted by atomic mass is 79.9. The molecule has 0 aliphatic carbocycles. The molecule has 0 aromatic heterocycles. The predicted molar refractivity (Wildman–Crippen MR) is 90.1 cm³/mol. The van der Waals surface area contributed by atoms with Gasteiger partial charge in [-0.05, 0) is 24.3 Å². The molecule has 0 unspecified atom stereocenters. The molecule has 24 heavy (non-hydrogen) atoms. The highest BCUT2D eigenvalue weighted by Crippen LogP contribution is 2.53. The van der Waals surface area contributed by atoms with Gasteiger partial charge in [0.15, 0.2) is 11.6 Å². The summed E-state index contributed by atoms with van der Waals surface area (Å²) in [6, 6.07) is 8.65. The number of amidine groups is 1. The van der Waals surface area contributed by atoms with Gasteiger partial charge in [-0.25, -0.2) is 9.38 Å². The number of ether oxygens (including phenoxy) is 3. The molecule has 0 saturated carbocycles. The lowest BCUT2D eigenvalue weighted by Gasteiger charge is -2.39. The summed E-state index contributed by atoms with van der Waals surface area (Å²) in [6.07, 6.45) is 0.514. The number of rotatable bonds is 1. The maximum atomic E-state index is 14.6. The van der Waals surface area contributed by atoms with Crippen LogP contribution < -0.4 is 15.2 Å². The van der Waals surface area contributed by atoms with E-state index in [1.807, 2.05) is 12.1 Å². The lowest BCUT2D eigenvalue weighted by atomic mass is 9.77. The number of benzene rings is 2. The molecule has 4 rings (SSSR count). The third-order valence-corrected chi connectivity index (χ3v) is 4.81. The summed E-state index contributed by atoms with van der Waals surface area (Å²) in [5.41, 5.74) is 6.37. The molecule has 2 heterocycles. The van der Waals surface area contributed by atoms with Gasteiger partial charge in [-0.1, -0.05) is 15.9 Å². The van der Waals surface area contributed by atoms with Crippen LogP contribution in [0.1, 0.15) is 17.5 Å². The Morgan fingerprint density at radius 2 is 2.12 bits per heavy atom. The minimum atomic E-state index is -0.871. The maximum Gasteiger partial charge on any atom is 0.283 e. The monoisotopic (exact) mass is 392 g/mol. The second-order valence-corrected chi connectivity index (χ2v) is 6.55. The first-order valence-corrected chi connectivity index (χ1v) is 8.17. The maximum absolute atomic E-state index is 14.6. The van der Waals surface area contributed by atoms with Crippen LogP contribution in [-0.2, 0) is 10.3 Å². The lowest BCUT2D eigenvalue weighted by Crippen LogP contribution is -2.38. The molecule has 0 saturated heterocycles. The van der Waals surface area contributed by atoms with Crippen molar-refractivity contribution < 1.29 is 18.6 Å². The van der Waals surface area contributed by atoms with Crippen LogP contribution in [0.3, 0.4) is 0 Å². The van der Waals surface area contributed by atoms with Gasteiger partial charge in [0.1, 0.15) is 17.0 Å². The van der Waals surface area contributed by atoms with Crippen molar-refractivity contribution in [3.63, 3.8) is 0 Å². The van der Waals surface area contributed by atoms with Gasteiger partial charge in [0.05, 0.1) is 13.7 Å². The minimum absolute atomic E-state index is 0.0725. The number of nitrogens with zero attached hydrogens (tertiary/aromatic N) is 1. The van der Waals surface area contributed by atoms with Gasteiger partial charge in [0.2, 0.25) is 0 Å². The minimum Gasteiger partial charge on any atom is -0.497 e. The highest BCUT2D eigenvalue weighted by molar-refractivity contribution is 9.10. The zero-order valence-electron chi connectivity index (χ0n) is 12.8. The van der Waals surface area contributed by atoms with Gasteiger partial charge in [-0.2, -0.15) is 0 Å². The molecule has 2 aliphatic rings. The average molecular weight is 393 g/mol. The molecular formula is C17H14BrFN2O3. The number of hydrogen-bond donors (Lipinski definition) is 1. The fraction of sp³-hybridized carbons (Fsp3) is 0.235. The number of fused-ring (bicyclic) bond motifs is 4. The molecule has 124 valence electrons. The molecule has 0 fully saturated rings. The molecule has 1 spiro atoms. The summed E-state index contributed by atoms with van der Waals surface area (Å²) in [4.78, 5) is 4.56. The van der Waals surface area contributed by atoms with E-state index in [0.717, 1.165) is 10.0 Å². The van der Waals surface area contributed by atoms with Gasteiger partial charge in [0.25, 0.3) is 6.02 Å². The Morgan fingerprint density at radius 1 is 1.29 bits per heavy atom.